The van der Waals surface area contributed by atoms with Crippen LogP contribution in [0.1, 0.15) is 12.0 Å². The number of nitrogens with one attached hydrogen (secondary N) is 1. The predicted molar refractivity (Wildman–Crippen MR) is 99.9 cm³/mol. The first-order valence-corrected chi connectivity index (χ1v) is 8.82. The molecule has 1 aliphatic rings. The molecule has 24 heavy (non-hydrogen) atoms. The van der Waals surface area contributed by atoms with E-state index in [-0.39, 0.29) is 18.4 Å². The Hall–Kier alpha value is -1.56. The summed E-state index contributed by atoms with van der Waals surface area (Å²) in [6, 6.07) is 10.5. The molecule has 0 aliphatic carbocycles. The summed E-state index contributed by atoms with van der Waals surface area (Å²) in [5, 5.41) is 3.59. The predicted octanol–water partition coefficient (Wildman–Crippen LogP) is 4.67. The SMILES string of the molecule is O=C(CN1C(=O)CCc2cc(Br)ccc21)Nc1cc(Cl)cc(Cl)c1. The van der Waals surface area contributed by atoms with E-state index in [1.807, 2.05) is 18.2 Å². The van der Waals surface area contributed by atoms with Gasteiger partial charge in [0.2, 0.25) is 11.8 Å². The molecule has 1 heterocycles. The molecule has 0 atom stereocenters. The molecule has 2 aromatic carbocycles. The first-order chi connectivity index (χ1) is 11.4. The van der Waals surface area contributed by atoms with Gasteiger partial charge in [-0.3, -0.25) is 9.59 Å². The normalized spacial score (nSPS) is 13.6. The number of hydrogen-bond donors (Lipinski definition) is 1. The quantitative estimate of drug-likeness (QED) is 0.773. The number of amides is 2. The molecular weight excluding hydrogens is 415 g/mol. The van der Waals surface area contributed by atoms with Gasteiger partial charge in [-0.25, -0.2) is 0 Å². The van der Waals surface area contributed by atoms with Crippen LogP contribution in [0.2, 0.25) is 10.0 Å². The van der Waals surface area contributed by atoms with Gasteiger partial charge in [0.05, 0.1) is 0 Å². The highest BCUT2D eigenvalue weighted by Crippen LogP contribution is 2.30. The number of carbonyl (C=O) groups excluding carboxylic acids is 2. The van der Waals surface area contributed by atoms with E-state index in [2.05, 4.69) is 21.2 Å². The van der Waals surface area contributed by atoms with Gasteiger partial charge in [0.15, 0.2) is 0 Å². The van der Waals surface area contributed by atoms with Crippen LogP contribution in [0, 0.1) is 0 Å². The van der Waals surface area contributed by atoms with E-state index in [1.54, 1.807) is 18.2 Å². The van der Waals surface area contributed by atoms with E-state index in [0.29, 0.717) is 28.6 Å². The summed E-state index contributed by atoms with van der Waals surface area (Å²) in [6.45, 7) is -0.0579. The van der Waals surface area contributed by atoms with Crippen molar-refractivity contribution in [2.24, 2.45) is 0 Å². The van der Waals surface area contributed by atoms with Crippen molar-refractivity contribution in [1.82, 2.24) is 0 Å². The number of halogens is 3. The fourth-order valence-electron chi connectivity index (χ4n) is 2.67. The summed E-state index contributed by atoms with van der Waals surface area (Å²) in [7, 11) is 0. The molecule has 0 fully saturated rings. The number of nitrogens with zero attached hydrogens (tertiary/aromatic N) is 1. The van der Waals surface area contributed by atoms with Crippen LogP contribution >= 0.6 is 39.1 Å². The summed E-state index contributed by atoms with van der Waals surface area (Å²) >= 11 is 15.3. The molecule has 1 aliphatic heterocycles. The van der Waals surface area contributed by atoms with Gasteiger partial charge in [0.25, 0.3) is 0 Å². The zero-order valence-corrected chi connectivity index (χ0v) is 15.6. The minimum absolute atomic E-state index is 0.0579. The lowest BCUT2D eigenvalue weighted by molar-refractivity contribution is -0.121. The second kappa shape index (κ2) is 7.13. The minimum Gasteiger partial charge on any atom is -0.324 e. The lowest BCUT2D eigenvalue weighted by Gasteiger charge is -2.29. The molecule has 0 bridgehead atoms. The minimum atomic E-state index is -0.308. The summed E-state index contributed by atoms with van der Waals surface area (Å²) in [5.74, 6) is -0.374. The summed E-state index contributed by atoms with van der Waals surface area (Å²) in [5.41, 5.74) is 2.31. The molecule has 3 rings (SSSR count). The van der Waals surface area contributed by atoms with Crippen molar-refractivity contribution < 1.29 is 9.59 Å². The standard InChI is InChI=1S/C17H13BrCl2N2O2/c18-11-2-3-15-10(5-11)1-4-17(24)22(15)9-16(23)21-14-7-12(19)6-13(20)8-14/h2-3,5-8H,1,4,9H2,(H,21,23). The van der Waals surface area contributed by atoms with E-state index in [1.165, 1.54) is 4.90 Å². The lowest BCUT2D eigenvalue weighted by Crippen LogP contribution is -2.40. The van der Waals surface area contributed by atoms with Crippen LogP contribution in [-0.4, -0.2) is 18.4 Å². The van der Waals surface area contributed by atoms with Gasteiger partial charge < -0.3 is 10.2 Å². The van der Waals surface area contributed by atoms with Gasteiger partial charge in [0, 0.05) is 32.3 Å². The Balaban J connectivity index is 1.78. The number of benzene rings is 2. The third kappa shape index (κ3) is 3.91. The van der Waals surface area contributed by atoms with Crippen molar-refractivity contribution in [3.05, 3.63) is 56.5 Å². The molecule has 4 nitrogen and oxygen atoms in total. The second-order valence-electron chi connectivity index (χ2n) is 5.46. The monoisotopic (exact) mass is 426 g/mol. The first-order valence-electron chi connectivity index (χ1n) is 7.27. The number of aryl methyl sites for hydroxylation is 1. The van der Waals surface area contributed by atoms with Crippen LogP contribution in [0.4, 0.5) is 11.4 Å². The summed E-state index contributed by atoms with van der Waals surface area (Å²) in [4.78, 5) is 26.1. The van der Waals surface area contributed by atoms with Gasteiger partial charge in [0.1, 0.15) is 6.54 Å². The van der Waals surface area contributed by atoms with Gasteiger partial charge >= 0.3 is 0 Å². The van der Waals surface area contributed by atoms with Gasteiger partial charge in [-0.2, -0.15) is 0 Å². The van der Waals surface area contributed by atoms with Crippen molar-refractivity contribution in [2.45, 2.75) is 12.8 Å². The van der Waals surface area contributed by atoms with Gasteiger partial charge in [-0.05, 0) is 48.4 Å². The molecule has 7 heteroatoms. The second-order valence-corrected chi connectivity index (χ2v) is 7.25. The molecule has 0 saturated carbocycles. The van der Waals surface area contributed by atoms with E-state index < -0.39 is 0 Å². The smallest absolute Gasteiger partial charge is 0.244 e. The van der Waals surface area contributed by atoms with E-state index >= 15 is 0 Å². The maximum atomic E-state index is 12.3. The molecule has 124 valence electrons. The topological polar surface area (TPSA) is 49.4 Å². The van der Waals surface area contributed by atoms with Gasteiger partial charge in [-0.1, -0.05) is 39.1 Å². The summed E-state index contributed by atoms with van der Waals surface area (Å²) < 4.78 is 0.952. The lowest BCUT2D eigenvalue weighted by atomic mass is 10.0. The maximum Gasteiger partial charge on any atom is 0.244 e. The average Bonchev–Trinajstić information content (AvgIpc) is 2.49. The molecule has 0 unspecified atom stereocenters. The highest BCUT2D eigenvalue weighted by atomic mass is 79.9. The zero-order valence-electron chi connectivity index (χ0n) is 12.5. The Morgan fingerprint density at radius 2 is 1.83 bits per heavy atom. The van der Waals surface area contributed by atoms with Crippen LogP contribution in [0.15, 0.2) is 40.9 Å². The Kier molecular flexibility index (Phi) is 5.13. The molecule has 0 radical (unpaired) electrons. The van der Waals surface area contributed by atoms with Crippen LogP contribution in [-0.2, 0) is 16.0 Å². The fourth-order valence-corrected chi connectivity index (χ4v) is 3.61. The molecule has 1 N–H and O–H groups in total. The Bertz CT molecular complexity index is 806. The number of anilines is 2. The van der Waals surface area contributed by atoms with Crippen molar-refractivity contribution in [1.29, 1.82) is 0 Å². The Morgan fingerprint density at radius 3 is 2.54 bits per heavy atom. The first kappa shape index (κ1) is 17.3. The average molecular weight is 428 g/mol. The van der Waals surface area contributed by atoms with Crippen LogP contribution < -0.4 is 10.2 Å². The highest BCUT2D eigenvalue weighted by molar-refractivity contribution is 9.10. The molecule has 2 aromatic rings. The third-order valence-electron chi connectivity index (χ3n) is 3.69. The highest BCUT2D eigenvalue weighted by Gasteiger charge is 2.26. The molecule has 2 amide bonds. The van der Waals surface area contributed by atoms with E-state index in [4.69, 9.17) is 23.2 Å². The number of carbonyl (C=O) groups is 2. The molecule has 0 saturated heterocycles. The number of fused-ring (bicyclic) bond motifs is 1. The Morgan fingerprint density at radius 1 is 1.12 bits per heavy atom. The van der Waals surface area contributed by atoms with Crippen molar-refractivity contribution >= 4 is 62.3 Å². The van der Waals surface area contributed by atoms with Crippen LogP contribution in [0.3, 0.4) is 0 Å². The number of rotatable bonds is 3. The van der Waals surface area contributed by atoms with Crippen molar-refractivity contribution in [3.8, 4) is 0 Å². The van der Waals surface area contributed by atoms with Crippen molar-refractivity contribution in [3.63, 3.8) is 0 Å². The largest absolute Gasteiger partial charge is 0.324 e. The maximum absolute atomic E-state index is 12.3. The van der Waals surface area contributed by atoms with Gasteiger partial charge in [-0.15, -0.1) is 0 Å². The van der Waals surface area contributed by atoms with E-state index in [0.717, 1.165) is 15.7 Å². The summed E-state index contributed by atoms with van der Waals surface area (Å²) in [6.07, 6.45) is 1.06. The number of hydrogen-bond acceptors (Lipinski definition) is 2. The van der Waals surface area contributed by atoms with Crippen molar-refractivity contribution in [2.75, 3.05) is 16.8 Å². The Labute approximate surface area is 157 Å². The molecular formula is C17H13BrCl2N2O2. The fraction of sp³-hybridized carbons (Fsp3) is 0.176. The van der Waals surface area contributed by atoms with Crippen LogP contribution in [0.5, 0.6) is 0 Å². The molecule has 0 spiro atoms. The van der Waals surface area contributed by atoms with Crippen LogP contribution in [0.25, 0.3) is 0 Å². The zero-order chi connectivity index (χ0) is 17.3. The third-order valence-corrected chi connectivity index (χ3v) is 4.62. The van der Waals surface area contributed by atoms with E-state index in [9.17, 15) is 9.59 Å². The molecule has 0 aromatic heterocycles.